The maximum atomic E-state index is 13.1. The smallest absolute Gasteiger partial charge is 0.240 e. The second-order valence-electron chi connectivity index (χ2n) is 9.60. The molecule has 0 amide bonds. The van der Waals surface area contributed by atoms with Gasteiger partial charge in [-0.3, -0.25) is 0 Å². The Morgan fingerprint density at radius 3 is 2.43 bits per heavy atom. The number of sulfonamides is 1. The molecular formula is C26H27N5O5S. The van der Waals surface area contributed by atoms with Crippen molar-refractivity contribution in [2.24, 2.45) is 0 Å². The molecular weight excluding hydrogens is 494 g/mol. The molecule has 4 atom stereocenters. The summed E-state index contributed by atoms with van der Waals surface area (Å²) in [5.41, 5.74) is 9.32. The fraction of sp³-hybridized carbons (Fsp3) is 0.308. The molecule has 10 nitrogen and oxygen atoms in total. The highest BCUT2D eigenvalue weighted by molar-refractivity contribution is 7.89. The van der Waals surface area contributed by atoms with E-state index in [2.05, 4.69) is 14.8 Å². The molecule has 3 N–H and O–H groups in total. The zero-order valence-electron chi connectivity index (χ0n) is 20.3. The van der Waals surface area contributed by atoms with Gasteiger partial charge in [0.05, 0.1) is 10.6 Å². The summed E-state index contributed by atoms with van der Waals surface area (Å²) in [7, 11) is -3.78. The summed E-state index contributed by atoms with van der Waals surface area (Å²) in [4.78, 5) is 4.21. The van der Waals surface area contributed by atoms with E-state index in [1.165, 1.54) is 6.33 Å². The largest absolute Gasteiger partial charge is 0.382 e. The third-order valence-corrected chi connectivity index (χ3v) is 8.14. The Bertz CT molecular complexity index is 1540. The topological polar surface area (TPSA) is 130 Å². The summed E-state index contributed by atoms with van der Waals surface area (Å²) in [6.07, 6.45) is -0.678. The van der Waals surface area contributed by atoms with E-state index in [0.717, 1.165) is 16.8 Å². The fourth-order valence-electron chi connectivity index (χ4n) is 5.01. The number of anilines is 1. The molecule has 2 aliphatic heterocycles. The van der Waals surface area contributed by atoms with Gasteiger partial charge in [0.2, 0.25) is 10.0 Å². The van der Waals surface area contributed by atoms with Gasteiger partial charge in [-0.2, -0.15) is 5.10 Å². The highest BCUT2D eigenvalue weighted by Gasteiger charge is 2.56. The molecule has 0 saturated carbocycles. The van der Waals surface area contributed by atoms with Crippen LogP contribution in [0.4, 0.5) is 5.82 Å². The molecule has 2 aliphatic rings. The van der Waals surface area contributed by atoms with Gasteiger partial charge in [0.15, 0.2) is 11.6 Å². The highest BCUT2D eigenvalue weighted by Crippen LogP contribution is 2.45. The lowest BCUT2D eigenvalue weighted by Crippen LogP contribution is -2.39. The number of nitrogens with two attached hydrogens (primary N) is 1. The first-order chi connectivity index (χ1) is 17.7. The van der Waals surface area contributed by atoms with Gasteiger partial charge < -0.3 is 19.9 Å². The first-order valence-electron chi connectivity index (χ1n) is 12.0. The van der Waals surface area contributed by atoms with E-state index in [1.807, 2.05) is 56.3 Å². The summed E-state index contributed by atoms with van der Waals surface area (Å²) in [5, 5.41) is 4.31. The highest BCUT2D eigenvalue weighted by atomic mass is 32.2. The molecule has 0 aliphatic carbocycles. The van der Waals surface area contributed by atoms with E-state index >= 15 is 0 Å². The number of rotatable bonds is 6. The molecule has 6 rings (SSSR count). The van der Waals surface area contributed by atoms with Crippen LogP contribution in [0.3, 0.4) is 0 Å². The summed E-state index contributed by atoms with van der Waals surface area (Å²) in [6.45, 7) is 3.67. The number of fused-ring (bicyclic) bond motifs is 2. The molecule has 37 heavy (non-hydrogen) atoms. The number of nitrogens with zero attached hydrogens (tertiary/aromatic N) is 3. The van der Waals surface area contributed by atoms with E-state index < -0.39 is 40.2 Å². The number of ether oxygens (including phenoxy) is 3. The standard InChI is InChI=1S/C26H27N5O5S/c1-26(2)35-23-21(34-22(24(23)36-26)19-12-13-20-25(27)28-15-29-31(19)20)14-30-37(32,33)18-10-8-17(9-11-18)16-6-4-3-5-7-16/h3-13,15,21-24,30H,14H2,1-2H3,(H2,27,28,29)/t21-,22+,23-,24+/m1/s1. The van der Waals surface area contributed by atoms with Crippen molar-refractivity contribution in [3.05, 3.63) is 78.8 Å². The van der Waals surface area contributed by atoms with Gasteiger partial charge in [-0.1, -0.05) is 42.5 Å². The molecule has 4 heterocycles. The van der Waals surface area contributed by atoms with Crippen molar-refractivity contribution in [3.63, 3.8) is 0 Å². The number of aromatic nitrogens is 3. The van der Waals surface area contributed by atoms with Crippen LogP contribution >= 0.6 is 0 Å². The number of benzene rings is 2. The van der Waals surface area contributed by atoms with Crippen molar-refractivity contribution in [2.45, 2.75) is 48.9 Å². The van der Waals surface area contributed by atoms with Gasteiger partial charge in [0.1, 0.15) is 36.3 Å². The fourth-order valence-corrected chi connectivity index (χ4v) is 6.05. The Kier molecular flexibility index (Phi) is 5.77. The van der Waals surface area contributed by atoms with Crippen molar-refractivity contribution in [1.82, 2.24) is 19.3 Å². The number of hydrogen-bond donors (Lipinski definition) is 2. The average Bonchev–Trinajstić information content (AvgIpc) is 3.55. The Morgan fingerprint density at radius 2 is 1.68 bits per heavy atom. The van der Waals surface area contributed by atoms with Gasteiger partial charge in [-0.15, -0.1) is 0 Å². The first kappa shape index (κ1) is 24.0. The molecule has 2 aromatic heterocycles. The summed E-state index contributed by atoms with van der Waals surface area (Å²) >= 11 is 0. The minimum atomic E-state index is -3.78. The lowest BCUT2D eigenvalue weighted by atomic mass is 10.1. The molecule has 11 heteroatoms. The van der Waals surface area contributed by atoms with Crippen molar-refractivity contribution in [3.8, 4) is 11.1 Å². The van der Waals surface area contributed by atoms with E-state index in [-0.39, 0.29) is 11.4 Å². The summed E-state index contributed by atoms with van der Waals surface area (Å²) in [6, 6.07) is 20.2. The summed E-state index contributed by atoms with van der Waals surface area (Å²) in [5.74, 6) is -0.495. The van der Waals surface area contributed by atoms with E-state index in [0.29, 0.717) is 11.3 Å². The third-order valence-electron chi connectivity index (χ3n) is 6.70. The van der Waals surface area contributed by atoms with Crippen molar-refractivity contribution in [2.75, 3.05) is 12.3 Å². The predicted octanol–water partition coefficient (Wildman–Crippen LogP) is 2.92. The molecule has 0 radical (unpaired) electrons. The van der Waals surface area contributed by atoms with Crippen LogP contribution in [0.2, 0.25) is 0 Å². The molecule has 0 unspecified atom stereocenters. The lowest BCUT2D eigenvalue weighted by Gasteiger charge is -2.24. The van der Waals surface area contributed by atoms with Crippen molar-refractivity contribution >= 4 is 21.4 Å². The maximum Gasteiger partial charge on any atom is 0.240 e. The maximum absolute atomic E-state index is 13.1. The van der Waals surface area contributed by atoms with Crippen LogP contribution in [0.5, 0.6) is 0 Å². The molecule has 0 bridgehead atoms. The Labute approximate surface area is 214 Å². The quantitative estimate of drug-likeness (QED) is 0.396. The normalized spacial score (nSPS) is 24.9. The number of nitrogen functional groups attached to an aromatic ring is 1. The summed E-state index contributed by atoms with van der Waals surface area (Å²) < 4.78 is 49.2. The van der Waals surface area contributed by atoms with E-state index in [1.54, 1.807) is 28.8 Å². The van der Waals surface area contributed by atoms with E-state index in [4.69, 9.17) is 19.9 Å². The second-order valence-corrected chi connectivity index (χ2v) is 11.4. The molecule has 2 saturated heterocycles. The van der Waals surface area contributed by atoms with Gasteiger partial charge in [-0.25, -0.2) is 22.6 Å². The van der Waals surface area contributed by atoms with E-state index in [9.17, 15) is 8.42 Å². The lowest BCUT2D eigenvalue weighted by molar-refractivity contribution is -0.187. The van der Waals surface area contributed by atoms with Crippen LogP contribution in [-0.4, -0.2) is 53.7 Å². The second kappa shape index (κ2) is 8.89. The molecule has 2 aromatic carbocycles. The average molecular weight is 522 g/mol. The third kappa shape index (κ3) is 4.38. The predicted molar refractivity (Wildman–Crippen MR) is 136 cm³/mol. The van der Waals surface area contributed by atoms with Gasteiger partial charge in [-0.05, 0) is 49.2 Å². The monoisotopic (exact) mass is 521 g/mol. The van der Waals surface area contributed by atoms with Crippen LogP contribution in [-0.2, 0) is 24.2 Å². The number of hydrogen-bond acceptors (Lipinski definition) is 8. The van der Waals surface area contributed by atoms with Crippen LogP contribution in [0, 0.1) is 0 Å². The molecule has 192 valence electrons. The van der Waals surface area contributed by atoms with Crippen LogP contribution < -0.4 is 10.5 Å². The zero-order chi connectivity index (χ0) is 25.8. The first-order valence-corrected chi connectivity index (χ1v) is 13.4. The minimum absolute atomic E-state index is 0.0142. The number of nitrogens with one attached hydrogen (secondary N) is 1. The Hall–Kier alpha value is -3.35. The zero-order valence-corrected chi connectivity index (χ0v) is 21.1. The van der Waals surface area contributed by atoms with Gasteiger partial charge >= 0.3 is 0 Å². The van der Waals surface area contributed by atoms with Crippen LogP contribution in [0.1, 0.15) is 25.6 Å². The van der Waals surface area contributed by atoms with Gasteiger partial charge in [0.25, 0.3) is 0 Å². The Balaban J connectivity index is 1.22. The molecule has 0 spiro atoms. The minimum Gasteiger partial charge on any atom is -0.382 e. The Morgan fingerprint density at radius 1 is 0.973 bits per heavy atom. The van der Waals surface area contributed by atoms with Crippen LogP contribution in [0.25, 0.3) is 16.6 Å². The van der Waals surface area contributed by atoms with Gasteiger partial charge in [0, 0.05) is 6.54 Å². The molecule has 4 aromatic rings. The molecule has 2 fully saturated rings. The van der Waals surface area contributed by atoms with Crippen molar-refractivity contribution in [1.29, 1.82) is 0 Å². The van der Waals surface area contributed by atoms with Crippen molar-refractivity contribution < 1.29 is 22.6 Å². The van der Waals surface area contributed by atoms with Crippen LogP contribution in [0.15, 0.2) is 78.0 Å². The SMILES string of the molecule is CC1(C)O[C@@H]2[C@H](O1)[C@@H](CNS(=O)(=O)c1ccc(-c3ccccc3)cc1)O[C@H]2c1ccc2c(N)ncnn12.